The Bertz CT molecular complexity index is 549. The number of nitrogens with zero attached hydrogens (tertiary/aromatic N) is 3. The lowest BCUT2D eigenvalue weighted by Crippen LogP contribution is -2.38. The van der Waals surface area contributed by atoms with Crippen LogP contribution in [0, 0.1) is 0 Å². The van der Waals surface area contributed by atoms with E-state index in [0.717, 1.165) is 25.3 Å². The Morgan fingerprint density at radius 3 is 2.68 bits per heavy atom. The molecule has 2 heterocycles. The minimum absolute atomic E-state index is 0.147. The second kappa shape index (κ2) is 6.64. The summed E-state index contributed by atoms with van der Waals surface area (Å²) in [5, 5.41) is 5.36. The predicted octanol–water partition coefficient (Wildman–Crippen LogP) is 2.79. The van der Waals surface area contributed by atoms with Crippen molar-refractivity contribution in [3.63, 3.8) is 0 Å². The molecule has 0 aliphatic carbocycles. The van der Waals surface area contributed by atoms with Crippen LogP contribution in [0.1, 0.15) is 31.9 Å². The maximum absolute atomic E-state index is 13.0. The molecule has 1 atom stereocenters. The van der Waals surface area contributed by atoms with Gasteiger partial charge in [-0.15, -0.1) is 0 Å². The first-order chi connectivity index (χ1) is 10.3. The first-order valence-electron chi connectivity index (χ1n) is 7.03. The van der Waals surface area contributed by atoms with E-state index in [1.807, 2.05) is 11.8 Å². The zero-order valence-corrected chi connectivity index (χ0v) is 13.2. The third kappa shape index (κ3) is 3.96. The van der Waals surface area contributed by atoms with Crippen LogP contribution in [0.2, 0.25) is 0 Å². The van der Waals surface area contributed by atoms with Crippen molar-refractivity contribution in [3.8, 4) is 0 Å². The van der Waals surface area contributed by atoms with Crippen molar-refractivity contribution in [1.29, 1.82) is 0 Å². The number of hydrogen-bond acceptors (Lipinski definition) is 4. The first-order valence-corrected chi connectivity index (χ1v) is 7.43. The van der Waals surface area contributed by atoms with Crippen LogP contribution in [0.3, 0.4) is 0 Å². The quantitative estimate of drug-likeness (QED) is 0.812. The molecule has 1 aromatic rings. The van der Waals surface area contributed by atoms with Crippen LogP contribution < -0.4 is 15.5 Å². The highest BCUT2D eigenvalue weighted by molar-refractivity contribution is 7.80. The van der Waals surface area contributed by atoms with Gasteiger partial charge in [-0.1, -0.05) is 0 Å². The molecule has 0 aromatic carbocycles. The van der Waals surface area contributed by atoms with Gasteiger partial charge in [0.15, 0.2) is 10.8 Å². The number of nitrogens with one attached hydrogen (secondary N) is 2. The van der Waals surface area contributed by atoms with Gasteiger partial charge >= 0.3 is 6.18 Å². The summed E-state index contributed by atoms with van der Waals surface area (Å²) < 4.78 is 39.1. The van der Waals surface area contributed by atoms with Gasteiger partial charge in [0, 0.05) is 25.7 Å². The molecule has 0 radical (unpaired) electrons. The van der Waals surface area contributed by atoms with Gasteiger partial charge in [-0.25, -0.2) is 4.98 Å². The van der Waals surface area contributed by atoms with E-state index in [9.17, 15) is 13.2 Å². The van der Waals surface area contributed by atoms with E-state index in [0.29, 0.717) is 6.54 Å². The third-order valence-electron chi connectivity index (χ3n) is 3.55. The Morgan fingerprint density at radius 2 is 2.09 bits per heavy atom. The largest absolute Gasteiger partial charge is 0.433 e. The molecule has 0 spiro atoms. The van der Waals surface area contributed by atoms with E-state index >= 15 is 0 Å². The maximum atomic E-state index is 13.0. The SMILES string of the molecule is CNC(=S)Nc1nc(N2CCCC[C@@H]2C)cc(C(F)(F)F)n1. The summed E-state index contributed by atoms with van der Waals surface area (Å²) in [5.41, 5.74) is -0.975. The second-order valence-corrected chi connectivity index (χ2v) is 5.58. The molecular formula is C13H18F3N5S. The van der Waals surface area contributed by atoms with Crippen LogP contribution in [-0.2, 0) is 6.18 Å². The fourth-order valence-electron chi connectivity index (χ4n) is 2.39. The second-order valence-electron chi connectivity index (χ2n) is 5.18. The van der Waals surface area contributed by atoms with E-state index < -0.39 is 11.9 Å². The van der Waals surface area contributed by atoms with Gasteiger partial charge in [0.05, 0.1) is 0 Å². The monoisotopic (exact) mass is 333 g/mol. The summed E-state index contributed by atoms with van der Waals surface area (Å²) in [6.45, 7) is 2.67. The number of thiocarbonyl (C=S) groups is 1. The summed E-state index contributed by atoms with van der Waals surface area (Å²) in [4.78, 5) is 9.58. The molecule has 0 unspecified atom stereocenters. The van der Waals surface area contributed by atoms with Crippen molar-refractivity contribution in [2.24, 2.45) is 0 Å². The number of piperidine rings is 1. The molecular weight excluding hydrogens is 315 g/mol. The molecule has 2 rings (SSSR count). The Kier molecular flexibility index (Phi) is 5.05. The maximum Gasteiger partial charge on any atom is 0.433 e. The summed E-state index contributed by atoms with van der Waals surface area (Å²) >= 11 is 4.90. The molecule has 1 aliphatic heterocycles. The van der Waals surface area contributed by atoms with Crippen molar-refractivity contribution in [2.45, 2.75) is 38.4 Å². The highest BCUT2D eigenvalue weighted by Gasteiger charge is 2.35. The van der Waals surface area contributed by atoms with Crippen molar-refractivity contribution in [1.82, 2.24) is 15.3 Å². The van der Waals surface area contributed by atoms with Crippen molar-refractivity contribution < 1.29 is 13.2 Å². The fourth-order valence-corrected chi connectivity index (χ4v) is 2.48. The average Bonchev–Trinajstić information content (AvgIpc) is 2.46. The van der Waals surface area contributed by atoms with E-state index in [1.165, 1.54) is 0 Å². The van der Waals surface area contributed by atoms with Gasteiger partial charge in [-0.2, -0.15) is 18.2 Å². The van der Waals surface area contributed by atoms with Gasteiger partial charge in [0.2, 0.25) is 5.95 Å². The summed E-state index contributed by atoms with van der Waals surface area (Å²) in [6.07, 6.45) is -1.59. The Morgan fingerprint density at radius 1 is 1.36 bits per heavy atom. The molecule has 122 valence electrons. The van der Waals surface area contributed by atoms with Crippen LogP contribution in [0.15, 0.2) is 6.07 Å². The predicted molar refractivity (Wildman–Crippen MR) is 83.0 cm³/mol. The molecule has 0 amide bonds. The topological polar surface area (TPSA) is 53.1 Å². The lowest BCUT2D eigenvalue weighted by Gasteiger charge is -2.34. The smallest absolute Gasteiger partial charge is 0.365 e. The molecule has 0 saturated carbocycles. The fraction of sp³-hybridized carbons (Fsp3) is 0.615. The minimum Gasteiger partial charge on any atom is -0.365 e. The van der Waals surface area contributed by atoms with Crippen LogP contribution in [0.4, 0.5) is 24.9 Å². The lowest BCUT2D eigenvalue weighted by atomic mass is 10.0. The zero-order chi connectivity index (χ0) is 16.3. The molecule has 1 aromatic heterocycles. The van der Waals surface area contributed by atoms with Crippen LogP contribution in [-0.4, -0.2) is 34.7 Å². The van der Waals surface area contributed by atoms with E-state index in [2.05, 4.69) is 20.6 Å². The van der Waals surface area contributed by atoms with Gasteiger partial charge in [-0.05, 0) is 38.4 Å². The summed E-state index contributed by atoms with van der Waals surface area (Å²) in [7, 11) is 1.57. The molecule has 22 heavy (non-hydrogen) atoms. The van der Waals surface area contributed by atoms with Gasteiger partial charge < -0.3 is 15.5 Å². The van der Waals surface area contributed by atoms with E-state index in [4.69, 9.17) is 12.2 Å². The van der Waals surface area contributed by atoms with Crippen molar-refractivity contribution in [2.75, 3.05) is 23.8 Å². The van der Waals surface area contributed by atoms with Gasteiger partial charge in [0.25, 0.3) is 0 Å². The van der Waals surface area contributed by atoms with Gasteiger partial charge in [-0.3, -0.25) is 0 Å². The molecule has 1 saturated heterocycles. The van der Waals surface area contributed by atoms with Gasteiger partial charge in [0.1, 0.15) is 5.82 Å². The molecule has 2 N–H and O–H groups in total. The zero-order valence-electron chi connectivity index (χ0n) is 12.4. The van der Waals surface area contributed by atoms with Crippen LogP contribution >= 0.6 is 12.2 Å². The highest BCUT2D eigenvalue weighted by atomic mass is 32.1. The number of rotatable bonds is 2. The number of alkyl halides is 3. The number of aromatic nitrogens is 2. The summed E-state index contributed by atoms with van der Waals surface area (Å²) in [6, 6.07) is 1.14. The molecule has 9 heteroatoms. The first kappa shape index (κ1) is 16.7. The van der Waals surface area contributed by atoms with Crippen molar-refractivity contribution >= 4 is 29.1 Å². The Hall–Kier alpha value is -1.64. The molecule has 5 nitrogen and oxygen atoms in total. The third-order valence-corrected chi connectivity index (χ3v) is 3.86. The van der Waals surface area contributed by atoms with Crippen molar-refractivity contribution in [3.05, 3.63) is 11.8 Å². The number of halogens is 3. The molecule has 1 aliphatic rings. The Balaban J connectivity index is 2.39. The Labute approximate surface area is 132 Å². The van der Waals surface area contributed by atoms with E-state index in [1.54, 1.807) is 7.05 Å². The van der Waals surface area contributed by atoms with E-state index in [-0.39, 0.29) is 22.9 Å². The van der Waals surface area contributed by atoms with Crippen LogP contribution in [0.25, 0.3) is 0 Å². The standard InChI is InChI=1S/C13H18F3N5S/c1-8-5-3-4-6-21(8)10-7-9(13(14,15)16)18-11(19-10)20-12(22)17-2/h7-8H,3-6H2,1-2H3,(H2,17,18,19,20,22)/t8-/m0/s1. The number of hydrogen-bond donors (Lipinski definition) is 2. The minimum atomic E-state index is -4.53. The van der Waals surface area contributed by atoms with Crippen LogP contribution in [0.5, 0.6) is 0 Å². The summed E-state index contributed by atoms with van der Waals surface area (Å²) in [5.74, 6) is 0.123. The number of anilines is 2. The average molecular weight is 333 g/mol. The molecule has 0 bridgehead atoms. The highest BCUT2D eigenvalue weighted by Crippen LogP contribution is 2.32. The lowest BCUT2D eigenvalue weighted by molar-refractivity contribution is -0.141. The molecule has 1 fully saturated rings. The normalized spacial score (nSPS) is 19.0.